The van der Waals surface area contributed by atoms with Crippen LogP contribution in [0.2, 0.25) is 8.67 Å². The Bertz CT molecular complexity index is 900. The molecule has 0 unspecified atom stereocenters. The monoisotopic (exact) mass is 429 g/mol. The van der Waals surface area contributed by atoms with Gasteiger partial charge in [0.15, 0.2) is 10.9 Å². The molecule has 3 aromatic rings. The summed E-state index contributed by atoms with van der Waals surface area (Å²) in [7, 11) is 0. The van der Waals surface area contributed by atoms with Gasteiger partial charge >= 0.3 is 0 Å². The summed E-state index contributed by atoms with van der Waals surface area (Å²) in [5.41, 5.74) is 0.487. The molecule has 0 saturated heterocycles. The van der Waals surface area contributed by atoms with Crippen molar-refractivity contribution in [3.8, 4) is 0 Å². The molecule has 1 aliphatic rings. The molecule has 1 saturated carbocycles. The number of carbonyl (C=O) groups excluding carboxylic acids is 1. The summed E-state index contributed by atoms with van der Waals surface area (Å²) in [6.45, 7) is 0. The van der Waals surface area contributed by atoms with Crippen molar-refractivity contribution in [3.63, 3.8) is 0 Å². The van der Waals surface area contributed by atoms with E-state index < -0.39 is 0 Å². The van der Waals surface area contributed by atoms with Gasteiger partial charge in [0.05, 0.1) is 10.1 Å². The van der Waals surface area contributed by atoms with E-state index in [9.17, 15) is 4.79 Å². The Kier molecular flexibility index (Phi) is 5.20. The van der Waals surface area contributed by atoms with Crippen LogP contribution >= 0.6 is 57.6 Å². The molecule has 0 atom stereocenters. The van der Waals surface area contributed by atoms with Crippen LogP contribution in [0.4, 0.5) is 0 Å². The maximum atomic E-state index is 12.4. The Balaban J connectivity index is 1.50. The number of rotatable bonds is 7. The molecule has 0 aromatic carbocycles. The first kappa shape index (κ1) is 17.5. The van der Waals surface area contributed by atoms with Crippen molar-refractivity contribution < 1.29 is 4.79 Å². The van der Waals surface area contributed by atoms with E-state index in [0.717, 1.165) is 30.2 Å². The molecule has 1 fully saturated rings. The molecule has 25 heavy (non-hydrogen) atoms. The van der Waals surface area contributed by atoms with Gasteiger partial charge < -0.3 is 4.57 Å². The molecule has 4 rings (SSSR count). The minimum absolute atomic E-state index is 0.0386. The molecule has 0 aliphatic heterocycles. The number of thiophene rings is 2. The number of Topliss-reactive ketones (excluding diaryl/α,β-unsaturated/α-hetero) is 1. The second-order valence-corrected chi connectivity index (χ2v) is 9.97. The lowest BCUT2D eigenvalue weighted by Crippen LogP contribution is -2.06. The van der Waals surface area contributed by atoms with E-state index in [-0.39, 0.29) is 11.5 Å². The molecular formula is C16H13Cl2N3OS3. The topological polar surface area (TPSA) is 47.8 Å². The Labute approximate surface area is 167 Å². The number of carbonyl (C=O) groups is 1. The molecule has 0 N–H and O–H groups in total. The SMILES string of the molecule is O=C(CSc1nnc(Cc2cccs2)n1C1CC1)c1cc(Cl)sc1Cl. The third kappa shape index (κ3) is 3.95. The third-order valence-corrected chi connectivity index (χ3v) is 7.16. The highest BCUT2D eigenvalue weighted by molar-refractivity contribution is 7.99. The maximum absolute atomic E-state index is 12.4. The maximum Gasteiger partial charge on any atom is 0.191 e. The predicted molar refractivity (Wildman–Crippen MR) is 105 cm³/mol. The van der Waals surface area contributed by atoms with Crippen LogP contribution in [0, 0.1) is 0 Å². The van der Waals surface area contributed by atoms with Crippen molar-refractivity contribution in [3.05, 3.63) is 48.5 Å². The van der Waals surface area contributed by atoms with Gasteiger partial charge in [-0.3, -0.25) is 4.79 Å². The Morgan fingerprint density at radius 3 is 2.84 bits per heavy atom. The summed E-state index contributed by atoms with van der Waals surface area (Å²) in [6.07, 6.45) is 3.06. The van der Waals surface area contributed by atoms with Crippen LogP contribution in [0.5, 0.6) is 0 Å². The lowest BCUT2D eigenvalue weighted by Gasteiger charge is -2.07. The average molecular weight is 430 g/mol. The molecule has 3 heterocycles. The first-order valence-electron chi connectivity index (χ1n) is 7.69. The summed E-state index contributed by atoms with van der Waals surface area (Å²) in [4.78, 5) is 13.7. The van der Waals surface area contributed by atoms with Gasteiger partial charge in [-0.1, -0.05) is 41.0 Å². The van der Waals surface area contributed by atoms with Crippen LogP contribution in [0.1, 0.15) is 39.9 Å². The van der Waals surface area contributed by atoms with E-state index in [0.29, 0.717) is 20.3 Å². The molecule has 0 amide bonds. The van der Waals surface area contributed by atoms with Gasteiger partial charge in [0.1, 0.15) is 10.2 Å². The smallest absolute Gasteiger partial charge is 0.191 e. The summed E-state index contributed by atoms with van der Waals surface area (Å²) in [5.74, 6) is 1.20. The van der Waals surface area contributed by atoms with Gasteiger partial charge in [-0.05, 0) is 30.4 Å². The molecular weight excluding hydrogens is 417 g/mol. The van der Waals surface area contributed by atoms with Crippen LogP contribution in [0.25, 0.3) is 0 Å². The van der Waals surface area contributed by atoms with Crippen molar-refractivity contribution in [1.82, 2.24) is 14.8 Å². The van der Waals surface area contributed by atoms with E-state index in [1.54, 1.807) is 17.4 Å². The van der Waals surface area contributed by atoms with Crippen molar-refractivity contribution in [2.75, 3.05) is 5.75 Å². The number of aromatic nitrogens is 3. The molecule has 0 spiro atoms. The number of nitrogens with zero attached hydrogens (tertiary/aromatic N) is 3. The summed E-state index contributed by atoms with van der Waals surface area (Å²) in [6, 6.07) is 6.24. The van der Waals surface area contributed by atoms with Gasteiger partial charge in [-0.25, -0.2) is 0 Å². The number of hydrogen-bond donors (Lipinski definition) is 0. The molecule has 130 valence electrons. The molecule has 1 aliphatic carbocycles. The Hall–Kier alpha value is -0.860. The largest absolute Gasteiger partial charge is 0.303 e. The van der Waals surface area contributed by atoms with Gasteiger partial charge in [0.25, 0.3) is 0 Å². The van der Waals surface area contributed by atoms with E-state index in [1.807, 2.05) is 6.07 Å². The van der Waals surface area contributed by atoms with Crippen molar-refractivity contribution in [2.45, 2.75) is 30.5 Å². The van der Waals surface area contributed by atoms with Crippen molar-refractivity contribution in [2.24, 2.45) is 0 Å². The number of hydrogen-bond acceptors (Lipinski definition) is 6. The van der Waals surface area contributed by atoms with E-state index in [4.69, 9.17) is 23.2 Å². The van der Waals surface area contributed by atoms with Crippen LogP contribution in [-0.2, 0) is 6.42 Å². The number of thioether (sulfide) groups is 1. The summed E-state index contributed by atoms with van der Waals surface area (Å²) < 4.78 is 3.16. The summed E-state index contributed by atoms with van der Waals surface area (Å²) in [5, 5.41) is 11.6. The zero-order valence-electron chi connectivity index (χ0n) is 12.9. The zero-order chi connectivity index (χ0) is 17.4. The van der Waals surface area contributed by atoms with E-state index in [1.165, 1.54) is 28.0 Å². The van der Waals surface area contributed by atoms with E-state index >= 15 is 0 Å². The van der Waals surface area contributed by atoms with Crippen LogP contribution in [-0.4, -0.2) is 26.3 Å². The standard InChI is InChI=1S/C16H13Cl2N3OS3/c17-13-7-11(15(18)25-13)12(22)8-24-16-20-19-14(21(16)9-3-4-9)6-10-2-1-5-23-10/h1-2,5,7,9H,3-4,6,8H2. The fourth-order valence-corrected chi connectivity index (χ4v) is 5.64. The number of ketones is 1. The summed E-state index contributed by atoms with van der Waals surface area (Å²) >= 11 is 16.3. The number of halogens is 2. The highest BCUT2D eigenvalue weighted by Gasteiger charge is 2.30. The van der Waals surface area contributed by atoms with Crippen molar-refractivity contribution in [1.29, 1.82) is 0 Å². The first-order chi connectivity index (χ1) is 12.1. The molecule has 9 heteroatoms. The highest BCUT2D eigenvalue weighted by atomic mass is 35.5. The van der Waals surface area contributed by atoms with Gasteiger partial charge in [-0.15, -0.1) is 32.9 Å². The van der Waals surface area contributed by atoms with Crippen LogP contribution < -0.4 is 0 Å². The predicted octanol–water partition coefficient (Wildman–Crippen LogP) is 5.61. The molecule has 4 nitrogen and oxygen atoms in total. The fraction of sp³-hybridized carbons (Fsp3) is 0.312. The fourth-order valence-electron chi connectivity index (χ4n) is 2.53. The minimum atomic E-state index is -0.0386. The Morgan fingerprint density at radius 2 is 2.20 bits per heavy atom. The molecule has 3 aromatic heterocycles. The highest BCUT2D eigenvalue weighted by Crippen LogP contribution is 2.39. The van der Waals surface area contributed by atoms with Crippen LogP contribution in [0.15, 0.2) is 28.7 Å². The normalized spacial score (nSPS) is 14.2. The van der Waals surface area contributed by atoms with Crippen LogP contribution in [0.3, 0.4) is 0 Å². The third-order valence-electron chi connectivity index (χ3n) is 3.85. The second-order valence-electron chi connectivity index (χ2n) is 5.71. The first-order valence-corrected chi connectivity index (χ1v) is 11.1. The van der Waals surface area contributed by atoms with Gasteiger partial charge in [0.2, 0.25) is 0 Å². The van der Waals surface area contributed by atoms with Gasteiger partial charge in [-0.2, -0.15) is 0 Å². The zero-order valence-corrected chi connectivity index (χ0v) is 16.9. The molecule has 0 bridgehead atoms. The lowest BCUT2D eigenvalue weighted by molar-refractivity contribution is 0.102. The quantitative estimate of drug-likeness (QED) is 0.361. The minimum Gasteiger partial charge on any atom is -0.303 e. The van der Waals surface area contributed by atoms with Gasteiger partial charge in [0, 0.05) is 22.9 Å². The van der Waals surface area contributed by atoms with Crippen molar-refractivity contribution >= 4 is 63.4 Å². The average Bonchev–Trinajstić information content (AvgIpc) is 2.99. The van der Waals surface area contributed by atoms with E-state index in [2.05, 4.69) is 26.2 Å². The lowest BCUT2D eigenvalue weighted by atomic mass is 10.2. The second kappa shape index (κ2) is 7.40. The Morgan fingerprint density at radius 1 is 1.36 bits per heavy atom. The molecule has 0 radical (unpaired) electrons.